The van der Waals surface area contributed by atoms with Crippen LogP contribution in [0.2, 0.25) is 0 Å². The first-order valence-electron chi connectivity index (χ1n) is 29.5. The Morgan fingerprint density at radius 2 is 1.41 bits per heavy atom. The van der Waals surface area contributed by atoms with E-state index < -0.39 is 12.0 Å². The van der Waals surface area contributed by atoms with Crippen molar-refractivity contribution in [3.8, 4) is 23.0 Å². The molecule has 4 atom stereocenters. The summed E-state index contributed by atoms with van der Waals surface area (Å²) in [5.41, 5.74) is 12.8. The Morgan fingerprint density at radius 1 is 0.733 bits per heavy atom. The van der Waals surface area contributed by atoms with Crippen LogP contribution in [0.4, 0.5) is 5.69 Å². The number of amides is 5. The van der Waals surface area contributed by atoms with E-state index >= 15 is 0 Å². The SMILES string of the molecule is COc1cc2c(cc1OCCCOc1cc3c(cc1OC)C(=O)N1C=C(c4ccc(NC(=O)[C@H](C)/C=C/CC(=O)[C@@H](NC(=O)CCCCCN5C(=O)C=CC5=O)C(C)C)cc4)CC1/C=C/C=C/3)C=C=C[C@@H]1CC(c3ccc(C)cc3)=CC=C1CC2=O. The molecule has 5 amide bonds. The highest BCUT2D eigenvalue weighted by Crippen LogP contribution is 2.40. The van der Waals surface area contributed by atoms with E-state index in [-0.39, 0.29) is 91.5 Å². The first-order chi connectivity index (χ1) is 41.6. The van der Waals surface area contributed by atoms with Crippen LogP contribution in [0.5, 0.6) is 23.0 Å². The molecule has 444 valence electrons. The van der Waals surface area contributed by atoms with E-state index in [0.717, 1.165) is 23.1 Å². The zero-order chi connectivity index (χ0) is 60.9. The lowest BCUT2D eigenvalue weighted by molar-refractivity contribution is -0.137. The maximum Gasteiger partial charge on any atom is 0.259 e. The molecule has 2 aliphatic carbocycles. The Hall–Kier alpha value is -9.33. The largest absolute Gasteiger partial charge is 0.493 e. The van der Waals surface area contributed by atoms with Crippen molar-refractivity contribution in [1.82, 2.24) is 15.1 Å². The van der Waals surface area contributed by atoms with Crippen molar-refractivity contribution in [2.75, 3.05) is 39.3 Å². The van der Waals surface area contributed by atoms with Crippen LogP contribution in [0, 0.1) is 24.7 Å². The Balaban J connectivity index is 0.753. The maximum absolute atomic E-state index is 14.5. The molecule has 4 aromatic rings. The lowest BCUT2D eigenvalue weighted by Crippen LogP contribution is -2.44. The molecule has 3 heterocycles. The number of imide groups is 1. The molecule has 3 aliphatic heterocycles. The van der Waals surface area contributed by atoms with Gasteiger partial charge in [-0.1, -0.05) is 123 Å². The van der Waals surface area contributed by atoms with E-state index in [9.17, 15) is 33.6 Å². The van der Waals surface area contributed by atoms with Gasteiger partial charge in [0.15, 0.2) is 34.6 Å². The highest BCUT2D eigenvalue weighted by atomic mass is 16.5. The van der Waals surface area contributed by atoms with E-state index in [1.165, 1.54) is 33.8 Å². The van der Waals surface area contributed by atoms with Gasteiger partial charge < -0.3 is 34.5 Å². The van der Waals surface area contributed by atoms with Gasteiger partial charge in [0.2, 0.25) is 11.8 Å². The Morgan fingerprint density at radius 3 is 2.10 bits per heavy atom. The number of ketones is 2. The van der Waals surface area contributed by atoms with Crippen molar-refractivity contribution < 1.29 is 52.5 Å². The fraction of sp³-hybridized carbons (Fsp3) is 0.324. The van der Waals surface area contributed by atoms with Gasteiger partial charge in [0.05, 0.1) is 51.0 Å². The molecule has 0 aromatic heterocycles. The first kappa shape index (κ1) is 61.2. The van der Waals surface area contributed by atoms with Gasteiger partial charge in [-0.25, -0.2) is 0 Å². The van der Waals surface area contributed by atoms with Crippen LogP contribution in [-0.2, 0) is 24.0 Å². The number of allylic oxidation sites excluding steroid dienone is 8. The molecule has 2 N–H and O–H groups in total. The summed E-state index contributed by atoms with van der Waals surface area (Å²) in [6.45, 7) is 8.42. The second-order valence-electron chi connectivity index (χ2n) is 22.5. The summed E-state index contributed by atoms with van der Waals surface area (Å²) >= 11 is 0. The number of hydrogen-bond acceptors (Lipinski definition) is 11. The number of methoxy groups -OCH3 is 2. The number of hydrogen-bond donors (Lipinski definition) is 2. The second-order valence-corrected chi connectivity index (χ2v) is 22.5. The molecule has 4 aromatic carbocycles. The monoisotopic (exact) mass is 1160 g/mol. The minimum absolute atomic E-state index is 0.00144. The van der Waals surface area contributed by atoms with Crippen LogP contribution in [0.25, 0.3) is 23.3 Å². The van der Waals surface area contributed by atoms with Gasteiger partial charge in [-0.3, -0.25) is 38.5 Å². The zero-order valence-electron chi connectivity index (χ0n) is 49.7. The number of carbonyl (C=O) groups excluding carboxylic acids is 7. The molecule has 9 rings (SSSR count). The third kappa shape index (κ3) is 15.1. The highest BCUT2D eigenvalue weighted by molar-refractivity contribution is 6.13. The molecule has 0 saturated heterocycles. The Kier molecular flexibility index (Phi) is 20.3. The van der Waals surface area contributed by atoms with Crippen LogP contribution < -0.4 is 29.6 Å². The summed E-state index contributed by atoms with van der Waals surface area (Å²) in [6, 6.07) is 22.2. The van der Waals surface area contributed by atoms with Crippen LogP contribution >= 0.6 is 0 Å². The average Bonchev–Trinajstić information content (AvgIpc) is 2.17. The number of anilines is 1. The normalized spacial score (nSPS) is 18.4. The molecule has 0 fully saturated rings. The fourth-order valence-electron chi connectivity index (χ4n) is 11.0. The highest BCUT2D eigenvalue weighted by Gasteiger charge is 2.32. The minimum Gasteiger partial charge on any atom is -0.493 e. The van der Waals surface area contributed by atoms with Gasteiger partial charge in [-0.05, 0) is 120 Å². The van der Waals surface area contributed by atoms with E-state index in [1.807, 2.05) is 86.8 Å². The minimum atomic E-state index is -0.687. The van der Waals surface area contributed by atoms with Gasteiger partial charge >= 0.3 is 0 Å². The summed E-state index contributed by atoms with van der Waals surface area (Å²) in [7, 11) is 3.10. The second kappa shape index (κ2) is 28.5. The van der Waals surface area contributed by atoms with Crippen LogP contribution in [0.1, 0.15) is 127 Å². The van der Waals surface area contributed by atoms with Gasteiger partial charge in [-0.2, -0.15) is 0 Å². The molecule has 15 heteroatoms. The van der Waals surface area contributed by atoms with Crippen molar-refractivity contribution in [2.45, 2.75) is 97.6 Å². The van der Waals surface area contributed by atoms with Crippen LogP contribution in [-0.4, -0.2) is 97.0 Å². The number of unbranched alkanes of at least 4 members (excludes halogenated alkanes) is 2. The van der Waals surface area contributed by atoms with Gasteiger partial charge in [0.1, 0.15) is 0 Å². The molecule has 15 nitrogen and oxygen atoms in total. The molecule has 0 radical (unpaired) electrons. The number of nitrogens with zero attached hydrogens (tertiary/aromatic N) is 2. The first-order valence-corrected chi connectivity index (χ1v) is 29.5. The quantitative estimate of drug-likeness (QED) is 0.0294. The number of rotatable bonds is 24. The molecule has 86 heavy (non-hydrogen) atoms. The summed E-state index contributed by atoms with van der Waals surface area (Å²) < 4.78 is 24.1. The molecule has 1 unspecified atom stereocenters. The van der Waals surface area contributed by atoms with Crippen LogP contribution in [0.3, 0.4) is 0 Å². The summed E-state index contributed by atoms with van der Waals surface area (Å²) in [6.07, 6.45) is 27.8. The van der Waals surface area contributed by atoms with Crippen molar-refractivity contribution in [2.24, 2.45) is 17.8 Å². The topological polar surface area (TPSA) is 187 Å². The average molecular weight is 1160 g/mol. The Bertz CT molecular complexity index is 3550. The number of aryl methyl sites for hydroxylation is 1. The summed E-state index contributed by atoms with van der Waals surface area (Å²) in [5.74, 6) is -0.313. The molecular weight excluding hydrogens is 1080 g/mol. The predicted molar refractivity (Wildman–Crippen MR) is 333 cm³/mol. The van der Waals surface area contributed by atoms with E-state index in [4.69, 9.17) is 18.9 Å². The van der Waals surface area contributed by atoms with Crippen molar-refractivity contribution in [3.05, 3.63) is 190 Å². The zero-order valence-corrected chi connectivity index (χ0v) is 49.7. The van der Waals surface area contributed by atoms with Gasteiger partial charge in [0.25, 0.3) is 17.7 Å². The molecule has 5 aliphatic rings. The van der Waals surface area contributed by atoms with Crippen LogP contribution in [0.15, 0.2) is 151 Å². The number of benzene rings is 4. The smallest absolute Gasteiger partial charge is 0.259 e. The number of ether oxygens (including phenoxy) is 4. The van der Waals surface area contributed by atoms with Gasteiger partial charge in [-0.15, -0.1) is 5.73 Å². The fourth-order valence-corrected chi connectivity index (χ4v) is 11.0. The molecule has 0 spiro atoms. The number of fused-ring (bicyclic) bond motifs is 4. The lowest BCUT2D eigenvalue weighted by atomic mass is 9.82. The lowest BCUT2D eigenvalue weighted by Gasteiger charge is -2.22. The standard InChI is InChI=1S/C71H74N4O11/c1-45(2)69(73-66(78)21-8-7-11-34-74-67(79)32-33-68(74)80)60(76)20-12-15-47(4)70(81)72-56-30-28-49(29-31-56)55-38-57-19-10-9-16-54-41-65(63(84-6)43-59(54)71(82)75(57)44-55)86-36-14-35-85-64-40-53-18-13-17-50-37-51(48-24-22-46(3)23-25-48)26-27-52(50)39-61(77)58(53)42-62(64)83-5/h9-10,12,15-19,22-33,40-45,47,50,57,69H,7-8,11,14,20-21,34-39H2,1-6H3,(H,72,81)(H,73,78)/b15-12+,16-9+,19-10+/t13?,47-,50-,57?,69+/m1/s1. The van der Waals surface area contributed by atoms with E-state index in [2.05, 4.69) is 65.8 Å². The van der Waals surface area contributed by atoms with E-state index in [1.54, 1.807) is 50.3 Å². The molecule has 0 bridgehead atoms. The van der Waals surface area contributed by atoms with Gasteiger partial charge in [0, 0.05) is 67.7 Å². The Labute approximate surface area is 503 Å². The summed E-state index contributed by atoms with van der Waals surface area (Å²) in [4.78, 5) is 94.0. The number of carbonyl (C=O) groups is 7. The van der Waals surface area contributed by atoms with Crippen molar-refractivity contribution in [3.63, 3.8) is 0 Å². The third-order valence-corrected chi connectivity index (χ3v) is 16.0. The summed E-state index contributed by atoms with van der Waals surface area (Å²) in [5, 5.41) is 5.82. The maximum atomic E-state index is 14.5. The van der Waals surface area contributed by atoms with E-state index in [0.29, 0.717) is 89.6 Å². The predicted octanol–water partition coefficient (Wildman–Crippen LogP) is 12.2. The number of Topliss-reactive ketones (excluding diaryl/α,β-unsaturated/α-hetero) is 2. The van der Waals surface area contributed by atoms with Crippen molar-refractivity contribution in [1.29, 1.82) is 0 Å². The molecule has 0 saturated carbocycles. The van der Waals surface area contributed by atoms with Crippen molar-refractivity contribution >= 4 is 70.1 Å². The molecular formula is C71H74N4O11. The third-order valence-electron chi connectivity index (χ3n) is 16.0. The number of nitrogens with one attached hydrogen (secondary N) is 2.